The maximum atomic E-state index is 2.84. The van der Waals surface area contributed by atoms with Crippen molar-refractivity contribution < 1.29 is 0 Å². The fourth-order valence-corrected chi connectivity index (χ4v) is 6.55. The molecule has 3 saturated heterocycles. The Hall–Kier alpha value is -0.120. The van der Waals surface area contributed by atoms with Gasteiger partial charge in [0.25, 0.3) is 0 Å². The second-order valence-corrected chi connectivity index (χ2v) is 11.3. The average Bonchev–Trinajstić information content (AvgIpc) is 3.36. The van der Waals surface area contributed by atoms with E-state index >= 15 is 0 Å². The summed E-state index contributed by atoms with van der Waals surface area (Å²) in [5.74, 6) is 1.91. The molecule has 4 rings (SSSR count). The lowest BCUT2D eigenvalue weighted by atomic mass is 9.71. The maximum Gasteiger partial charge on any atom is 0.00516 e. The summed E-state index contributed by atoms with van der Waals surface area (Å²) in [5, 5.41) is 0. The fourth-order valence-electron chi connectivity index (χ4n) is 6.55. The third kappa shape index (κ3) is 5.08. The van der Waals surface area contributed by atoms with Crippen molar-refractivity contribution in [3.8, 4) is 0 Å². The summed E-state index contributed by atoms with van der Waals surface area (Å²) in [7, 11) is 2.28. The molecular weight excluding hydrogens is 330 g/mol. The summed E-state index contributed by atoms with van der Waals surface area (Å²) in [4.78, 5) is 8.14. The summed E-state index contributed by atoms with van der Waals surface area (Å²) < 4.78 is 0. The quantitative estimate of drug-likeness (QED) is 0.625. The minimum atomic E-state index is 0.703. The van der Waals surface area contributed by atoms with E-state index < -0.39 is 0 Å². The standard InChI is InChI=1S/C24H45N3/c1-4-5-21(2)16-23(8-9-23)18-26-14-10-24(11-15-26)19-27(20-24)17-22-6-12-25(3)13-7-22/h21-22H,4-20H2,1-3H3. The van der Waals surface area contributed by atoms with Crippen LogP contribution >= 0.6 is 0 Å². The Kier molecular flexibility index (Phi) is 6.21. The molecule has 1 aliphatic carbocycles. The van der Waals surface area contributed by atoms with Gasteiger partial charge in [-0.25, -0.2) is 0 Å². The Morgan fingerprint density at radius 3 is 2.19 bits per heavy atom. The minimum absolute atomic E-state index is 0.703. The Morgan fingerprint density at radius 1 is 0.926 bits per heavy atom. The molecule has 3 heteroatoms. The fraction of sp³-hybridized carbons (Fsp3) is 1.00. The van der Waals surface area contributed by atoms with Gasteiger partial charge < -0.3 is 14.7 Å². The molecule has 0 aromatic rings. The Morgan fingerprint density at radius 2 is 1.59 bits per heavy atom. The van der Waals surface area contributed by atoms with E-state index in [4.69, 9.17) is 0 Å². The summed E-state index contributed by atoms with van der Waals surface area (Å²) >= 11 is 0. The van der Waals surface area contributed by atoms with Crippen LogP contribution in [0.1, 0.15) is 71.6 Å². The molecular formula is C24H45N3. The first-order chi connectivity index (χ1) is 13.0. The zero-order chi connectivity index (χ0) is 18.9. The second kappa shape index (κ2) is 8.32. The molecule has 0 bridgehead atoms. The Labute approximate surface area is 168 Å². The highest BCUT2D eigenvalue weighted by Gasteiger charge is 2.48. The highest BCUT2D eigenvalue weighted by atomic mass is 15.2. The molecule has 4 fully saturated rings. The number of hydrogen-bond acceptors (Lipinski definition) is 3. The molecule has 0 aromatic carbocycles. The summed E-state index contributed by atoms with van der Waals surface area (Å²) in [6.07, 6.45) is 13.1. The predicted molar refractivity (Wildman–Crippen MR) is 115 cm³/mol. The topological polar surface area (TPSA) is 9.72 Å². The van der Waals surface area contributed by atoms with E-state index in [9.17, 15) is 0 Å². The molecule has 0 radical (unpaired) electrons. The zero-order valence-electron chi connectivity index (χ0n) is 18.5. The van der Waals surface area contributed by atoms with E-state index in [-0.39, 0.29) is 0 Å². The van der Waals surface area contributed by atoms with E-state index in [1.807, 2.05) is 0 Å². The van der Waals surface area contributed by atoms with Crippen molar-refractivity contribution in [2.75, 3.05) is 59.4 Å². The van der Waals surface area contributed by atoms with Crippen molar-refractivity contribution in [1.82, 2.24) is 14.7 Å². The normalized spacial score (nSPS) is 30.3. The van der Waals surface area contributed by atoms with Gasteiger partial charge in [-0.2, -0.15) is 0 Å². The zero-order valence-corrected chi connectivity index (χ0v) is 18.5. The molecule has 1 unspecified atom stereocenters. The van der Waals surface area contributed by atoms with Crippen LogP contribution in [0, 0.1) is 22.7 Å². The van der Waals surface area contributed by atoms with Gasteiger partial charge in [0.1, 0.15) is 0 Å². The molecule has 156 valence electrons. The lowest BCUT2D eigenvalue weighted by molar-refractivity contribution is -0.0591. The van der Waals surface area contributed by atoms with Crippen molar-refractivity contribution in [3.05, 3.63) is 0 Å². The summed E-state index contributed by atoms with van der Waals surface area (Å²) in [6.45, 7) is 15.8. The summed E-state index contributed by atoms with van der Waals surface area (Å²) in [5.41, 5.74) is 1.42. The number of likely N-dealkylation sites (tertiary alicyclic amines) is 3. The third-order valence-corrected chi connectivity index (χ3v) is 8.47. The molecule has 0 aromatic heterocycles. The van der Waals surface area contributed by atoms with Gasteiger partial charge in [0.15, 0.2) is 0 Å². The van der Waals surface area contributed by atoms with E-state index in [1.54, 1.807) is 0 Å². The second-order valence-electron chi connectivity index (χ2n) is 11.3. The van der Waals surface area contributed by atoms with Gasteiger partial charge in [0.05, 0.1) is 0 Å². The van der Waals surface area contributed by atoms with Gasteiger partial charge in [0.2, 0.25) is 0 Å². The molecule has 3 nitrogen and oxygen atoms in total. The largest absolute Gasteiger partial charge is 0.306 e. The van der Waals surface area contributed by atoms with E-state index in [0.29, 0.717) is 5.41 Å². The van der Waals surface area contributed by atoms with Crippen molar-refractivity contribution in [2.45, 2.75) is 71.6 Å². The van der Waals surface area contributed by atoms with Crippen LogP contribution in [-0.4, -0.2) is 74.1 Å². The Bertz CT molecular complexity index is 462. The van der Waals surface area contributed by atoms with Crippen LogP contribution in [-0.2, 0) is 0 Å². The van der Waals surface area contributed by atoms with Crippen LogP contribution in [0.3, 0.4) is 0 Å². The van der Waals surface area contributed by atoms with Crippen LogP contribution in [0.15, 0.2) is 0 Å². The first-order valence-electron chi connectivity index (χ1n) is 12.1. The first-order valence-corrected chi connectivity index (χ1v) is 12.1. The van der Waals surface area contributed by atoms with Crippen LogP contribution in [0.2, 0.25) is 0 Å². The molecule has 1 spiro atoms. The van der Waals surface area contributed by atoms with E-state index in [0.717, 1.165) is 17.3 Å². The SMILES string of the molecule is CCCC(C)CC1(CN2CCC3(CC2)CN(CC2CCN(C)CC2)C3)CC1. The number of piperidine rings is 2. The first kappa shape index (κ1) is 20.2. The minimum Gasteiger partial charge on any atom is -0.306 e. The van der Waals surface area contributed by atoms with Gasteiger partial charge in [-0.15, -0.1) is 0 Å². The molecule has 27 heavy (non-hydrogen) atoms. The number of nitrogens with zero attached hydrogens (tertiary/aromatic N) is 3. The van der Waals surface area contributed by atoms with Gasteiger partial charge in [-0.3, -0.25) is 0 Å². The van der Waals surface area contributed by atoms with Crippen molar-refractivity contribution in [2.24, 2.45) is 22.7 Å². The molecule has 1 saturated carbocycles. The lowest BCUT2D eigenvalue weighted by Gasteiger charge is -2.55. The Balaban J connectivity index is 1.15. The summed E-state index contributed by atoms with van der Waals surface area (Å²) in [6, 6.07) is 0. The number of rotatable bonds is 8. The van der Waals surface area contributed by atoms with Gasteiger partial charge >= 0.3 is 0 Å². The molecule has 0 amide bonds. The molecule has 3 heterocycles. The molecule has 3 aliphatic heterocycles. The van der Waals surface area contributed by atoms with E-state index in [1.165, 1.54) is 110 Å². The highest BCUT2D eigenvalue weighted by Crippen LogP contribution is 2.52. The molecule has 0 N–H and O–H groups in total. The average molecular weight is 376 g/mol. The lowest BCUT2D eigenvalue weighted by Crippen LogP contribution is -2.61. The number of hydrogen-bond donors (Lipinski definition) is 0. The predicted octanol–water partition coefficient (Wildman–Crippen LogP) is 4.33. The molecule has 4 aliphatic rings. The van der Waals surface area contributed by atoms with Gasteiger partial charge in [0, 0.05) is 26.2 Å². The van der Waals surface area contributed by atoms with Crippen molar-refractivity contribution in [1.29, 1.82) is 0 Å². The van der Waals surface area contributed by atoms with Crippen LogP contribution < -0.4 is 0 Å². The van der Waals surface area contributed by atoms with Gasteiger partial charge in [-0.1, -0.05) is 26.7 Å². The van der Waals surface area contributed by atoms with Crippen LogP contribution in [0.25, 0.3) is 0 Å². The van der Waals surface area contributed by atoms with Gasteiger partial charge in [-0.05, 0) is 101 Å². The highest BCUT2D eigenvalue weighted by molar-refractivity contribution is 5.01. The monoisotopic (exact) mass is 375 g/mol. The van der Waals surface area contributed by atoms with Crippen LogP contribution in [0.5, 0.6) is 0 Å². The van der Waals surface area contributed by atoms with Crippen molar-refractivity contribution >= 4 is 0 Å². The van der Waals surface area contributed by atoms with Crippen LogP contribution in [0.4, 0.5) is 0 Å². The third-order valence-electron chi connectivity index (χ3n) is 8.47. The maximum absolute atomic E-state index is 2.84. The smallest absolute Gasteiger partial charge is 0.00516 e. The molecule has 1 atom stereocenters. The van der Waals surface area contributed by atoms with Crippen molar-refractivity contribution in [3.63, 3.8) is 0 Å². The van der Waals surface area contributed by atoms with E-state index in [2.05, 4.69) is 35.6 Å².